The Morgan fingerprint density at radius 1 is 1.30 bits per heavy atom. The Morgan fingerprint density at radius 3 is 2.80 bits per heavy atom. The molecule has 20 heavy (non-hydrogen) atoms. The van der Waals surface area contributed by atoms with Crippen LogP contribution in [0.1, 0.15) is 19.3 Å². The molecule has 2 aromatic rings. The summed E-state index contributed by atoms with van der Waals surface area (Å²) >= 11 is 1.50. The smallest absolute Gasteiger partial charge is 0.229 e. The Hall–Kier alpha value is -1.72. The fraction of sp³-hybridized carbons (Fsp3) is 0.333. The lowest BCUT2D eigenvalue weighted by atomic mass is 10.1. The number of thiazole rings is 1. The molecule has 3 rings (SSSR count). The van der Waals surface area contributed by atoms with Gasteiger partial charge < -0.3 is 11.1 Å². The van der Waals surface area contributed by atoms with Gasteiger partial charge in [-0.25, -0.2) is 4.98 Å². The second-order valence-electron chi connectivity index (χ2n) is 5.15. The van der Waals surface area contributed by atoms with E-state index in [2.05, 4.69) is 10.3 Å². The third kappa shape index (κ3) is 2.89. The number of anilines is 1. The van der Waals surface area contributed by atoms with Crippen LogP contribution in [0.3, 0.4) is 0 Å². The lowest BCUT2D eigenvalue weighted by Crippen LogP contribution is -2.23. The summed E-state index contributed by atoms with van der Waals surface area (Å²) in [5.74, 6) is 0.0842. The molecule has 0 unspecified atom stereocenters. The van der Waals surface area contributed by atoms with Crippen molar-refractivity contribution >= 4 is 22.4 Å². The van der Waals surface area contributed by atoms with Crippen molar-refractivity contribution in [3.05, 3.63) is 36.5 Å². The van der Waals surface area contributed by atoms with E-state index >= 15 is 0 Å². The van der Waals surface area contributed by atoms with Crippen molar-refractivity contribution in [1.82, 2.24) is 4.98 Å². The van der Waals surface area contributed by atoms with Gasteiger partial charge in [-0.05, 0) is 24.8 Å². The van der Waals surface area contributed by atoms with Crippen molar-refractivity contribution in [2.75, 3.05) is 5.32 Å². The number of nitrogens with zero attached hydrogens (tertiary/aromatic N) is 1. The van der Waals surface area contributed by atoms with E-state index in [9.17, 15) is 4.79 Å². The first kappa shape index (κ1) is 13.3. The Kier molecular flexibility index (Phi) is 3.80. The van der Waals surface area contributed by atoms with Crippen LogP contribution >= 0.6 is 11.3 Å². The second kappa shape index (κ2) is 5.73. The molecule has 0 radical (unpaired) electrons. The Bertz CT molecular complexity index is 596. The van der Waals surface area contributed by atoms with Crippen molar-refractivity contribution in [1.29, 1.82) is 0 Å². The number of benzene rings is 1. The fourth-order valence-electron chi connectivity index (χ4n) is 2.53. The molecule has 1 heterocycles. The topological polar surface area (TPSA) is 68.0 Å². The molecule has 3 N–H and O–H groups in total. The molecule has 0 spiro atoms. The van der Waals surface area contributed by atoms with E-state index < -0.39 is 0 Å². The minimum Gasteiger partial charge on any atom is -0.328 e. The van der Waals surface area contributed by atoms with Crippen LogP contribution in [0.15, 0.2) is 36.5 Å². The lowest BCUT2D eigenvalue weighted by molar-refractivity contribution is -0.119. The quantitative estimate of drug-likeness (QED) is 0.912. The molecule has 2 atom stereocenters. The highest BCUT2D eigenvalue weighted by molar-refractivity contribution is 7.19. The molecular weight excluding hydrogens is 270 g/mol. The Balaban J connectivity index is 1.67. The maximum absolute atomic E-state index is 12.1. The van der Waals surface area contributed by atoms with Crippen LogP contribution in [0.25, 0.3) is 10.4 Å². The maximum atomic E-state index is 12.1. The molecular formula is C15H17N3OS. The van der Waals surface area contributed by atoms with E-state index in [-0.39, 0.29) is 17.9 Å². The number of rotatable bonds is 3. The standard InChI is InChI=1S/C15H17N3OS/c16-12-7-6-11(8-12)14(19)18-15-17-9-13(20-15)10-4-2-1-3-5-10/h1-5,9,11-12H,6-8,16H2,(H,17,18,19)/t11-,12+/m1/s1. The van der Waals surface area contributed by atoms with E-state index in [4.69, 9.17) is 5.73 Å². The molecule has 104 valence electrons. The molecule has 1 aromatic carbocycles. The Labute approximate surface area is 122 Å². The van der Waals surface area contributed by atoms with Crippen LogP contribution in [-0.4, -0.2) is 16.9 Å². The molecule has 1 fully saturated rings. The van der Waals surface area contributed by atoms with Crippen LogP contribution < -0.4 is 11.1 Å². The fourth-order valence-corrected chi connectivity index (χ4v) is 3.35. The molecule has 1 aromatic heterocycles. The summed E-state index contributed by atoms with van der Waals surface area (Å²) in [6.45, 7) is 0. The zero-order valence-corrected chi connectivity index (χ0v) is 11.9. The van der Waals surface area contributed by atoms with Gasteiger partial charge in [-0.2, -0.15) is 0 Å². The molecule has 4 nitrogen and oxygen atoms in total. The first-order valence-electron chi connectivity index (χ1n) is 6.80. The van der Waals surface area contributed by atoms with Gasteiger partial charge in [-0.3, -0.25) is 4.79 Å². The zero-order chi connectivity index (χ0) is 13.9. The molecule has 0 saturated heterocycles. The number of amides is 1. The van der Waals surface area contributed by atoms with Crippen LogP contribution in [0.5, 0.6) is 0 Å². The third-order valence-corrected chi connectivity index (χ3v) is 4.60. The summed E-state index contributed by atoms with van der Waals surface area (Å²) in [5.41, 5.74) is 6.96. The number of carbonyl (C=O) groups excluding carboxylic acids is 1. The van der Waals surface area contributed by atoms with Crippen LogP contribution in [0.4, 0.5) is 5.13 Å². The first-order valence-corrected chi connectivity index (χ1v) is 7.62. The van der Waals surface area contributed by atoms with Gasteiger partial charge in [0, 0.05) is 18.2 Å². The molecule has 5 heteroatoms. The second-order valence-corrected chi connectivity index (χ2v) is 6.19. The maximum Gasteiger partial charge on any atom is 0.229 e. The largest absolute Gasteiger partial charge is 0.328 e. The van der Waals surface area contributed by atoms with E-state index in [0.29, 0.717) is 5.13 Å². The summed E-state index contributed by atoms with van der Waals surface area (Å²) in [4.78, 5) is 17.4. The molecule has 1 aliphatic carbocycles. The average molecular weight is 287 g/mol. The first-order chi connectivity index (χ1) is 9.72. The van der Waals surface area contributed by atoms with Gasteiger partial charge in [0.05, 0.1) is 4.88 Å². The summed E-state index contributed by atoms with van der Waals surface area (Å²) in [7, 11) is 0. The highest BCUT2D eigenvalue weighted by Gasteiger charge is 2.28. The van der Waals surface area contributed by atoms with Crippen molar-refractivity contribution in [2.45, 2.75) is 25.3 Å². The number of hydrogen-bond acceptors (Lipinski definition) is 4. The highest BCUT2D eigenvalue weighted by atomic mass is 32.1. The molecule has 0 bridgehead atoms. The molecule has 1 aliphatic rings. The van der Waals surface area contributed by atoms with Gasteiger partial charge in [-0.1, -0.05) is 41.7 Å². The summed E-state index contributed by atoms with van der Waals surface area (Å²) in [5, 5.41) is 3.57. The van der Waals surface area contributed by atoms with Crippen molar-refractivity contribution in [2.24, 2.45) is 11.7 Å². The number of nitrogens with two attached hydrogens (primary N) is 1. The molecule has 1 saturated carbocycles. The minimum absolute atomic E-state index is 0.0362. The molecule has 1 amide bonds. The predicted octanol–water partition coefficient (Wildman–Crippen LogP) is 2.88. The summed E-state index contributed by atoms with van der Waals surface area (Å²) < 4.78 is 0. The average Bonchev–Trinajstić information content (AvgIpc) is 3.09. The van der Waals surface area contributed by atoms with Gasteiger partial charge in [0.25, 0.3) is 0 Å². The minimum atomic E-state index is 0.0362. The van der Waals surface area contributed by atoms with Gasteiger partial charge >= 0.3 is 0 Å². The predicted molar refractivity (Wildman–Crippen MR) is 81.5 cm³/mol. The normalized spacial score (nSPS) is 21.9. The van der Waals surface area contributed by atoms with E-state index in [1.807, 2.05) is 30.3 Å². The number of hydrogen-bond donors (Lipinski definition) is 2. The van der Waals surface area contributed by atoms with Crippen LogP contribution in [-0.2, 0) is 4.79 Å². The van der Waals surface area contributed by atoms with Crippen molar-refractivity contribution in [3.8, 4) is 10.4 Å². The van der Waals surface area contributed by atoms with Crippen molar-refractivity contribution < 1.29 is 4.79 Å². The number of aromatic nitrogens is 1. The van der Waals surface area contributed by atoms with E-state index in [0.717, 1.165) is 29.7 Å². The number of nitrogens with one attached hydrogen (secondary N) is 1. The lowest BCUT2D eigenvalue weighted by Gasteiger charge is -2.08. The third-order valence-electron chi connectivity index (χ3n) is 3.64. The van der Waals surface area contributed by atoms with Crippen LogP contribution in [0.2, 0.25) is 0 Å². The zero-order valence-electron chi connectivity index (χ0n) is 11.1. The van der Waals surface area contributed by atoms with Gasteiger partial charge in [0.2, 0.25) is 5.91 Å². The molecule has 0 aliphatic heterocycles. The summed E-state index contributed by atoms with van der Waals surface area (Å²) in [6, 6.07) is 10.2. The van der Waals surface area contributed by atoms with Crippen molar-refractivity contribution in [3.63, 3.8) is 0 Å². The van der Waals surface area contributed by atoms with E-state index in [1.165, 1.54) is 11.3 Å². The Morgan fingerprint density at radius 2 is 2.10 bits per heavy atom. The highest BCUT2D eigenvalue weighted by Crippen LogP contribution is 2.30. The van der Waals surface area contributed by atoms with E-state index in [1.54, 1.807) is 6.20 Å². The van der Waals surface area contributed by atoms with Gasteiger partial charge in [-0.15, -0.1) is 0 Å². The monoisotopic (exact) mass is 287 g/mol. The van der Waals surface area contributed by atoms with Gasteiger partial charge in [0.15, 0.2) is 5.13 Å². The summed E-state index contributed by atoms with van der Waals surface area (Å²) in [6.07, 6.45) is 4.40. The SMILES string of the molecule is N[C@H]1CC[C@@H](C(=O)Nc2ncc(-c3ccccc3)s2)C1. The van der Waals surface area contributed by atoms with Crippen LogP contribution in [0, 0.1) is 5.92 Å². The van der Waals surface area contributed by atoms with Gasteiger partial charge in [0.1, 0.15) is 0 Å². The number of carbonyl (C=O) groups is 1.